The van der Waals surface area contributed by atoms with Gasteiger partial charge in [-0.1, -0.05) is 25.8 Å². The number of halogens is 2. The van der Waals surface area contributed by atoms with Crippen LogP contribution in [0.2, 0.25) is 0 Å². The summed E-state index contributed by atoms with van der Waals surface area (Å²) in [4.78, 5) is 32.1. The van der Waals surface area contributed by atoms with Crippen molar-refractivity contribution in [1.82, 2.24) is 19.5 Å². The third kappa shape index (κ3) is 6.68. The second-order valence-electron chi connectivity index (χ2n) is 10.7. The van der Waals surface area contributed by atoms with Gasteiger partial charge >= 0.3 is 6.09 Å². The van der Waals surface area contributed by atoms with Crippen LogP contribution in [0.1, 0.15) is 82.3 Å². The van der Waals surface area contributed by atoms with Gasteiger partial charge in [0.2, 0.25) is 11.8 Å². The lowest BCUT2D eigenvalue weighted by atomic mass is 9.96. The van der Waals surface area contributed by atoms with Crippen LogP contribution in [0, 0.1) is 11.3 Å². The topological polar surface area (TPSA) is 135 Å². The van der Waals surface area contributed by atoms with E-state index in [9.17, 15) is 9.18 Å². The Bertz CT molecular complexity index is 1290. The highest BCUT2D eigenvalue weighted by Gasteiger charge is 2.33. The van der Waals surface area contributed by atoms with E-state index in [2.05, 4.69) is 39.9 Å². The molecule has 2 aromatic heterocycles. The number of anilines is 1. The Labute approximate surface area is 239 Å². The third-order valence-corrected chi connectivity index (χ3v) is 7.91. The van der Waals surface area contributed by atoms with Crippen LogP contribution in [-0.2, 0) is 4.74 Å². The van der Waals surface area contributed by atoms with Crippen LogP contribution in [0.4, 0.5) is 15.1 Å². The van der Waals surface area contributed by atoms with Gasteiger partial charge in [0.05, 0.1) is 30.0 Å². The molecule has 0 bridgehead atoms. The fraction of sp³-hybridized carbons (Fsp3) is 0.571. The zero-order valence-electron chi connectivity index (χ0n) is 23.1. The zero-order valence-corrected chi connectivity index (χ0v) is 23.9. The van der Waals surface area contributed by atoms with Gasteiger partial charge in [0.1, 0.15) is 5.52 Å². The fourth-order valence-electron chi connectivity index (χ4n) is 5.66. The van der Waals surface area contributed by atoms with E-state index in [-0.39, 0.29) is 29.2 Å². The van der Waals surface area contributed by atoms with E-state index in [1.165, 1.54) is 0 Å². The van der Waals surface area contributed by atoms with Crippen molar-refractivity contribution in [3.63, 3.8) is 0 Å². The lowest BCUT2D eigenvalue weighted by Crippen LogP contribution is -2.31. The minimum absolute atomic E-state index is 0.0217. The number of carbonyl (C=O) groups is 1. The van der Waals surface area contributed by atoms with Gasteiger partial charge in [0.15, 0.2) is 5.65 Å². The van der Waals surface area contributed by atoms with Crippen molar-refractivity contribution in [3.8, 4) is 0 Å². The second kappa shape index (κ2) is 13.3. The van der Waals surface area contributed by atoms with Gasteiger partial charge in [-0.2, -0.15) is 4.98 Å². The first-order valence-electron chi connectivity index (χ1n) is 13.9. The van der Waals surface area contributed by atoms with Crippen molar-refractivity contribution in [3.05, 3.63) is 36.6 Å². The van der Waals surface area contributed by atoms with Gasteiger partial charge in [0, 0.05) is 24.7 Å². The average molecular weight is 573 g/mol. The van der Waals surface area contributed by atoms with E-state index in [4.69, 9.17) is 37.4 Å². The van der Waals surface area contributed by atoms with E-state index in [1.807, 2.05) is 12.3 Å². The lowest BCUT2D eigenvalue weighted by Gasteiger charge is -2.28. The average Bonchev–Trinajstić information content (AvgIpc) is 3.52. The molecule has 2 aliphatic rings. The summed E-state index contributed by atoms with van der Waals surface area (Å²) in [5.74, 6) is 0.288. The van der Waals surface area contributed by atoms with Gasteiger partial charge in [0.25, 0.3) is 5.90 Å². The number of hydrogen-bond donors (Lipinski definition) is 2. The SMILES string of the molecule is C=CC[C@H](C)CCCC(C)n1c(N2CCCC2/C=C/F)nc2nc(C(=N)OC(N)=O)nc(C3C=NCC(Cl)C3)c21. The number of nitrogens with two attached hydrogens (primary N) is 1. The number of hydrogen-bond acceptors (Lipinski definition) is 8. The van der Waals surface area contributed by atoms with Crippen molar-refractivity contribution in [2.75, 3.05) is 18.0 Å². The smallest absolute Gasteiger partial charge is 0.388 e. The van der Waals surface area contributed by atoms with Crippen molar-refractivity contribution < 1.29 is 13.9 Å². The maximum atomic E-state index is 13.3. The van der Waals surface area contributed by atoms with Crippen molar-refractivity contribution in [1.29, 1.82) is 5.41 Å². The number of nitrogens with zero attached hydrogens (tertiary/aromatic N) is 6. The molecular weight excluding hydrogens is 535 g/mol. The number of rotatable bonds is 11. The Kier molecular flexibility index (Phi) is 9.89. The molecule has 40 heavy (non-hydrogen) atoms. The van der Waals surface area contributed by atoms with Crippen molar-refractivity contribution in [2.24, 2.45) is 16.6 Å². The maximum Gasteiger partial charge on any atom is 0.411 e. The van der Waals surface area contributed by atoms with Crippen LogP contribution in [-0.4, -0.2) is 62.2 Å². The number of nitrogens with one attached hydrogen (secondary N) is 1. The minimum atomic E-state index is -1.13. The highest BCUT2D eigenvalue weighted by Crippen LogP contribution is 2.37. The highest BCUT2D eigenvalue weighted by molar-refractivity contribution is 6.21. The number of imidazole rings is 1. The second-order valence-corrected chi connectivity index (χ2v) is 11.3. The maximum absolute atomic E-state index is 13.3. The van der Waals surface area contributed by atoms with Crippen LogP contribution in [0.5, 0.6) is 0 Å². The molecule has 0 aromatic carbocycles. The molecule has 1 fully saturated rings. The molecule has 4 rings (SSSR count). The molecule has 10 nitrogen and oxygen atoms in total. The molecule has 2 aliphatic heterocycles. The first kappa shape index (κ1) is 29.6. The van der Waals surface area contributed by atoms with Gasteiger partial charge in [-0.3, -0.25) is 10.4 Å². The summed E-state index contributed by atoms with van der Waals surface area (Å²) < 4.78 is 20.3. The summed E-state index contributed by atoms with van der Waals surface area (Å²) in [5, 5.41) is 8.06. The molecule has 0 radical (unpaired) electrons. The zero-order chi connectivity index (χ0) is 28.8. The van der Waals surface area contributed by atoms with Crippen LogP contribution in [0.15, 0.2) is 30.1 Å². The predicted octanol–water partition coefficient (Wildman–Crippen LogP) is 5.81. The Morgan fingerprint density at radius 1 is 1.35 bits per heavy atom. The number of carbonyl (C=O) groups excluding carboxylic acids is 1. The number of amides is 1. The van der Waals surface area contributed by atoms with Crippen LogP contribution in [0.3, 0.4) is 0 Å². The largest absolute Gasteiger partial charge is 0.411 e. The fourth-order valence-corrected chi connectivity index (χ4v) is 5.93. The van der Waals surface area contributed by atoms with Gasteiger partial charge < -0.3 is 19.9 Å². The number of aliphatic imine (C=N–C) groups is 1. The first-order chi connectivity index (χ1) is 19.2. The van der Waals surface area contributed by atoms with Gasteiger partial charge in [-0.05, 0) is 51.0 Å². The summed E-state index contributed by atoms with van der Waals surface area (Å²) in [6.45, 7) is 9.45. The molecule has 3 N–H and O–H groups in total. The molecule has 4 unspecified atom stereocenters. The first-order valence-corrected chi connectivity index (χ1v) is 14.3. The number of allylic oxidation sites excluding steroid dienone is 1. The summed E-state index contributed by atoms with van der Waals surface area (Å²) in [5.41, 5.74) is 6.84. The van der Waals surface area contributed by atoms with Crippen LogP contribution >= 0.6 is 11.6 Å². The van der Waals surface area contributed by atoms with E-state index in [1.54, 1.807) is 6.08 Å². The van der Waals surface area contributed by atoms with Crippen molar-refractivity contribution in [2.45, 2.75) is 82.2 Å². The van der Waals surface area contributed by atoms with E-state index in [0.717, 1.165) is 38.5 Å². The summed E-state index contributed by atoms with van der Waals surface area (Å²) in [6, 6.07) is -0.121. The van der Waals surface area contributed by atoms with Gasteiger partial charge in [-0.25, -0.2) is 19.2 Å². The highest BCUT2D eigenvalue weighted by atomic mass is 35.5. The number of fused-ring (bicyclic) bond motifs is 1. The molecule has 0 aliphatic carbocycles. The molecule has 1 amide bonds. The molecular formula is C28H38ClFN8O2. The minimum Gasteiger partial charge on any atom is -0.388 e. The molecule has 1 saturated heterocycles. The Hall–Kier alpha value is -3.34. The Morgan fingerprint density at radius 2 is 2.15 bits per heavy atom. The standard InChI is InChI=1S/C28H38ClFN8O2/c1-4-7-17(2)8-5-9-18(3)38-23-22(19-14-20(29)16-33-15-19)34-26(24(31)40-27(32)39)35-25(23)36-28(38)37-13-6-10-21(37)11-12-30/h4,11-12,15,17-21,31H,1,5-10,13-14,16H2,2-3H3,(H2,32,39)/b12-11+,31-24?/t17-,18?,19?,20?,21?/m0/s1. The molecule has 12 heteroatoms. The molecule has 2 aromatic rings. The molecule has 5 atom stereocenters. The number of ether oxygens (including phenoxy) is 1. The van der Waals surface area contributed by atoms with E-state index >= 15 is 0 Å². The monoisotopic (exact) mass is 572 g/mol. The van der Waals surface area contributed by atoms with E-state index in [0.29, 0.717) is 54.6 Å². The number of primary amides is 1. The molecule has 216 valence electrons. The molecule has 0 spiro atoms. The number of alkyl halides is 1. The van der Waals surface area contributed by atoms with Crippen LogP contribution in [0.25, 0.3) is 11.2 Å². The van der Waals surface area contributed by atoms with Gasteiger partial charge in [-0.15, -0.1) is 18.2 Å². The number of aromatic nitrogens is 4. The summed E-state index contributed by atoms with van der Waals surface area (Å²) in [6.07, 6.45) is 11.0. The Morgan fingerprint density at radius 3 is 2.85 bits per heavy atom. The molecule has 4 heterocycles. The summed E-state index contributed by atoms with van der Waals surface area (Å²) >= 11 is 6.51. The lowest BCUT2D eigenvalue weighted by molar-refractivity contribution is 0.207. The van der Waals surface area contributed by atoms with Crippen molar-refractivity contribution >= 4 is 46.9 Å². The van der Waals surface area contributed by atoms with E-state index < -0.39 is 12.0 Å². The summed E-state index contributed by atoms with van der Waals surface area (Å²) in [7, 11) is 0. The van der Waals surface area contributed by atoms with Crippen LogP contribution < -0.4 is 10.6 Å². The Balaban J connectivity index is 1.87. The normalized spacial score (nSPS) is 22.6. The molecule has 0 saturated carbocycles. The predicted molar refractivity (Wildman–Crippen MR) is 156 cm³/mol. The third-order valence-electron chi connectivity index (χ3n) is 7.59. The quantitative estimate of drug-likeness (QED) is 0.151.